The average Bonchev–Trinajstić information content (AvgIpc) is 2.90. The zero-order chi connectivity index (χ0) is 18.0. The third kappa shape index (κ3) is 2.33. The topological polar surface area (TPSA) is 55.8 Å². The molecule has 0 heterocycles. The minimum atomic E-state index is -0.216. The molecule has 0 aromatic heterocycles. The lowest BCUT2D eigenvalue weighted by molar-refractivity contribution is -0.232. The molecule has 9 atom stereocenters. The standard InChI is InChI=1S/C21H34O4/c1-20-9-7-12(22)11-15(20)18(24-3)19(25-4)17-13-5-6-16(23)21(13,2)10-8-14(17)20/h12-15,17-19,22H,5-11H2,1-4H3/t12-,13?,14?,15?,17?,18+,19?,20+,21-/m0/s1. The molecule has 25 heavy (non-hydrogen) atoms. The minimum Gasteiger partial charge on any atom is -0.393 e. The molecule has 4 aliphatic rings. The number of hydrogen-bond donors (Lipinski definition) is 1. The van der Waals surface area contributed by atoms with E-state index in [-0.39, 0.29) is 29.1 Å². The van der Waals surface area contributed by atoms with Gasteiger partial charge in [0.05, 0.1) is 18.3 Å². The summed E-state index contributed by atoms with van der Waals surface area (Å²) in [6.07, 6.45) is 6.50. The lowest BCUT2D eigenvalue weighted by Gasteiger charge is -2.63. The summed E-state index contributed by atoms with van der Waals surface area (Å²) in [4.78, 5) is 12.7. The number of aliphatic hydroxyl groups excluding tert-OH is 1. The van der Waals surface area contributed by atoms with Crippen molar-refractivity contribution < 1.29 is 19.4 Å². The third-order valence-electron chi connectivity index (χ3n) is 8.92. The Balaban J connectivity index is 1.77. The molecule has 4 nitrogen and oxygen atoms in total. The van der Waals surface area contributed by atoms with Gasteiger partial charge < -0.3 is 14.6 Å². The highest BCUT2D eigenvalue weighted by Crippen LogP contribution is 2.66. The summed E-state index contributed by atoms with van der Waals surface area (Å²) in [5.41, 5.74) is 0.0280. The summed E-state index contributed by atoms with van der Waals surface area (Å²) in [6, 6.07) is 0. The highest BCUT2D eigenvalue weighted by atomic mass is 16.5. The van der Waals surface area contributed by atoms with Crippen molar-refractivity contribution in [2.24, 2.45) is 34.5 Å². The second-order valence-electron chi connectivity index (χ2n) is 9.65. The number of carbonyl (C=O) groups excluding carboxylic acids is 1. The quantitative estimate of drug-likeness (QED) is 0.831. The van der Waals surface area contributed by atoms with E-state index < -0.39 is 0 Å². The molecule has 0 amide bonds. The number of Topliss-reactive ketones (excluding diaryl/α,β-unsaturated/α-hetero) is 1. The van der Waals surface area contributed by atoms with E-state index in [1.54, 1.807) is 14.2 Å². The van der Waals surface area contributed by atoms with E-state index in [2.05, 4.69) is 13.8 Å². The fourth-order valence-corrected chi connectivity index (χ4v) is 7.55. The van der Waals surface area contributed by atoms with Gasteiger partial charge in [-0.05, 0) is 67.6 Å². The van der Waals surface area contributed by atoms with Crippen molar-refractivity contribution in [2.45, 2.75) is 77.1 Å². The summed E-state index contributed by atoms with van der Waals surface area (Å²) in [5, 5.41) is 10.3. The Bertz CT molecular complexity index is 548. The molecule has 4 saturated carbocycles. The van der Waals surface area contributed by atoms with Gasteiger partial charge in [-0.3, -0.25) is 4.79 Å². The SMILES string of the molecule is COC1C2C(CC[C@]3(C)C(=O)CCC23)[C@@]2(C)CC[C@H](O)CC2[C@H]1OC. The average molecular weight is 350 g/mol. The molecule has 4 rings (SSSR count). The highest BCUT2D eigenvalue weighted by Gasteiger charge is 2.65. The molecular formula is C21H34O4. The van der Waals surface area contributed by atoms with Gasteiger partial charge in [0, 0.05) is 26.1 Å². The number of ether oxygens (including phenoxy) is 2. The van der Waals surface area contributed by atoms with Crippen LogP contribution >= 0.6 is 0 Å². The molecule has 1 N–H and O–H groups in total. The van der Waals surface area contributed by atoms with Crippen molar-refractivity contribution in [1.82, 2.24) is 0 Å². The van der Waals surface area contributed by atoms with Gasteiger partial charge in [-0.15, -0.1) is 0 Å². The Hall–Kier alpha value is -0.450. The number of aliphatic hydroxyl groups is 1. The second kappa shape index (κ2) is 6.03. The van der Waals surface area contributed by atoms with Gasteiger partial charge in [-0.25, -0.2) is 0 Å². The van der Waals surface area contributed by atoms with Crippen molar-refractivity contribution >= 4 is 5.78 Å². The lowest BCUT2D eigenvalue weighted by Crippen LogP contribution is -2.65. The van der Waals surface area contributed by atoms with E-state index in [0.29, 0.717) is 29.5 Å². The van der Waals surface area contributed by atoms with Crippen LogP contribution in [0.4, 0.5) is 0 Å². The van der Waals surface area contributed by atoms with Crippen molar-refractivity contribution in [3.8, 4) is 0 Å². The Morgan fingerprint density at radius 3 is 2.36 bits per heavy atom. The van der Waals surface area contributed by atoms with Crippen LogP contribution in [0.1, 0.15) is 58.8 Å². The van der Waals surface area contributed by atoms with E-state index in [4.69, 9.17) is 9.47 Å². The van der Waals surface area contributed by atoms with Crippen molar-refractivity contribution in [1.29, 1.82) is 0 Å². The lowest BCUT2D eigenvalue weighted by atomic mass is 9.43. The van der Waals surface area contributed by atoms with Crippen LogP contribution in [0.25, 0.3) is 0 Å². The first-order valence-corrected chi connectivity index (χ1v) is 10.1. The van der Waals surface area contributed by atoms with Crippen LogP contribution in [0.2, 0.25) is 0 Å². The van der Waals surface area contributed by atoms with Gasteiger partial charge in [0.1, 0.15) is 5.78 Å². The summed E-state index contributed by atoms with van der Waals surface area (Å²) in [6.45, 7) is 4.63. The monoisotopic (exact) mass is 350 g/mol. The van der Waals surface area contributed by atoms with Crippen LogP contribution in [-0.4, -0.2) is 43.4 Å². The molecular weight excluding hydrogens is 316 g/mol. The first-order chi connectivity index (χ1) is 11.9. The Morgan fingerprint density at radius 1 is 0.960 bits per heavy atom. The minimum absolute atomic E-state index is 0.0178. The molecule has 0 radical (unpaired) electrons. The summed E-state index contributed by atoms with van der Waals surface area (Å²) in [7, 11) is 3.60. The predicted octanol–water partition coefficient (Wildman–Crippen LogP) is 3.21. The molecule has 4 fully saturated rings. The van der Waals surface area contributed by atoms with E-state index in [9.17, 15) is 9.90 Å². The molecule has 4 heteroatoms. The van der Waals surface area contributed by atoms with E-state index >= 15 is 0 Å². The van der Waals surface area contributed by atoms with Gasteiger partial charge in [0.2, 0.25) is 0 Å². The predicted molar refractivity (Wildman–Crippen MR) is 95.1 cm³/mol. The van der Waals surface area contributed by atoms with Crippen LogP contribution < -0.4 is 0 Å². The Kier molecular flexibility index (Phi) is 4.33. The number of hydrogen-bond acceptors (Lipinski definition) is 4. The summed E-state index contributed by atoms with van der Waals surface area (Å²) >= 11 is 0. The van der Waals surface area contributed by atoms with Crippen LogP contribution in [-0.2, 0) is 14.3 Å². The van der Waals surface area contributed by atoms with E-state index in [0.717, 1.165) is 44.9 Å². The van der Waals surface area contributed by atoms with Crippen molar-refractivity contribution in [3.05, 3.63) is 0 Å². The molecule has 0 aromatic carbocycles. The smallest absolute Gasteiger partial charge is 0.139 e. The van der Waals surface area contributed by atoms with E-state index in [1.165, 1.54) is 0 Å². The fourth-order valence-electron chi connectivity index (χ4n) is 7.55. The first-order valence-electron chi connectivity index (χ1n) is 10.1. The van der Waals surface area contributed by atoms with Gasteiger partial charge in [-0.1, -0.05) is 13.8 Å². The molecule has 5 unspecified atom stereocenters. The zero-order valence-corrected chi connectivity index (χ0v) is 16.2. The summed E-state index contributed by atoms with van der Waals surface area (Å²) in [5.74, 6) is 2.20. The summed E-state index contributed by atoms with van der Waals surface area (Å²) < 4.78 is 12.1. The maximum absolute atomic E-state index is 12.7. The zero-order valence-electron chi connectivity index (χ0n) is 16.2. The molecule has 4 aliphatic carbocycles. The number of methoxy groups -OCH3 is 2. The maximum Gasteiger partial charge on any atom is 0.139 e. The molecule has 0 aromatic rings. The van der Waals surface area contributed by atoms with Crippen LogP contribution in [0.15, 0.2) is 0 Å². The Morgan fingerprint density at radius 2 is 1.68 bits per heavy atom. The third-order valence-corrected chi connectivity index (χ3v) is 8.92. The van der Waals surface area contributed by atoms with Gasteiger partial charge in [0.15, 0.2) is 0 Å². The highest BCUT2D eigenvalue weighted by molar-refractivity contribution is 5.87. The van der Waals surface area contributed by atoms with Crippen LogP contribution in [0.5, 0.6) is 0 Å². The molecule has 0 bridgehead atoms. The fraction of sp³-hybridized carbons (Fsp3) is 0.952. The van der Waals surface area contributed by atoms with E-state index in [1.807, 2.05) is 0 Å². The van der Waals surface area contributed by atoms with Gasteiger partial charge in [-0.2, -0.15) is 0 Å². The number of fused-ring (bicyclic) bond motifs is 5. The van der Waals surface area contributed by atoms with Crippen molar-refractivity contribution in [3.63, 3.8) is 0 Å². The normalized spacial score (nSPS) is 55.4. The van der Waals surface area contributed by atoms with Gasteiger partial charge >= 0.3 is 0 Å². The number of ketones is 1. The largest absolute Gasteiger partial charge is 0.393 e. The second-order valence-corrected chi connectivity index (χ2v) is 9.65. The van der Waals surface area contributed by atoms with Crippen LogP contribution in [0, 0.1) is 34.5 Å². The number of carbonyl (C=O) groups is 1. The van der Waals surface area contributed by atoms with Crippen molar-refractivity contribution in [2.75, 3.05) is 14.2 Å². The first kappa shape index (κ1) is 17.9. The Labute approximate surface area is 151 Å². The maximum atomic E-state index is 12.7. The molecule has 0 saturated heterocycles. The van der Waals surface area contributed by atoms with Crippen LogP contribution in [0.3, 0.4) is 0 Å². The van der Waals surface area contributed by atoms with Gasteiger partial charge in [0.25, 0.3) is 0 Å². The molecule has 0 aliphatic heterocycles. The molecule has 142 valence electrons. The number of rotatable bonds is 2. The molecule has 0 spiro atoms.